The average Bonchev–Trinajstić information content (AvgIpc) is 1.65. The van der Waals surface area contributed by atoms with Gasteiger partial charge in [0.25, 0.3) is 0 Å². The van der Waals surface area contributed by atoms with Crippen molar-refractivity contribution < 1.29 is 7.96 Å². The minimum atomic E-state index is -0.0648. The molecule has 0 amide bonds. The Morgan fingerprint density at radius 2 is 1.50 bits per heavy atom. The van der Waals surface area contributed by atoms with Crippen molar-refractivity contribution in [3.8, 4) is 0 Å². The van der Waals surface area contributed by atoms with Crippen LogP contribution in [0.25, 0.3) is 0 Å². The first kappa shape index (κ1) is 15.7. The van der Waals surface area contributed by atoms with Gasteiger partial charge in [0.15, 0.2) is 0 Å². The highest BCUT2D eigenvalue weighted by atomic mass is 16.3. The summed E-state index contributed by atoms with van der Waals surface area (Å²) < 4.78 is 0. The highest BCUT2D eigenvalue weighted by molar-refractivity contribution is 4.43. The second kappa shape index (κ2) is 10.0. The molecule has 0 saturated heterocycles. The summed E-state index contributed by atoms with van der Waals surface area (Å²) in [5.74, 6) is 0. The van der Waals surface area contributed by atoms with Crippen molar-refractivity contribution in [1.29, 1.82) is 0 Å². The molecule has 0 radical (unpaired) electrons. The van der Waals surface area contributed by atoms with Gasteiger partial charge in [0.2, 0.25) is 0 Å². The molecular formula is C7H24O. The summed E-state index contributed by atoms with van der Waals surface area (Å²) in [5, 5.41) is 8.67. The third kappa shape index (κ3) is 9.35. The van der Waals surface area contributed by atoms with Crippen LogP contribution in [0.15, 0.2) is 0 Å². The van der Waals surface area contributed by atoms with Crippen molar-refractivity contribution >= 4 is 0 Å². The van der Waals surface area contributed by atoms with E-state index in [1.54, 1.807) is 0 Å². The second-order valence-corrected chi connectivity index (χ2v) is 1.47. The van der Waals surface area contributed by atoms with Crippen LogP contribution >= 0.6 is 0 Å². The molecule has 0 bridgehead atoms. The fourth-order valence-corrected chi connectivity index (χ4v) is 0.289. The van der Waals surface area contributed by atoms with Crippen LogP contribution in [0, 0.1) is 0 Å². The molecule has 0 atom stereocenters. The number of hydrogen-bond donors (Lipinski definition) is 1. The number of hydrogen-bond acceptors (Lipinski definition) is 1. The smallest absolute Gasteiger partial charge is 0.0535 e. The lowest BCUT2D eigenvalue weighted by atomic mass is 10.2. The predicted octanol–water partition coefficient (Wildman–Crippen LogP) is 2.93. The minimum Gasteiger partial charge on any atom is -0.393 e. The molecule has 0 saturated carbocycles. The van der Waals surface area contributed by atoms with E-state index in [4.69, 9.17) is 5.11 Å². The Morgan fingerprint density at radius 1 is 1.25 bits per heavy atom. The average molecular weight is 124 g/mol. The summed E-state index contributed by atoms with van der Waals surface area (Å²) in [6.07, 6.45) is 1.71. The lowest BCUT2D eigenvalue weighted by Gasteiger charge is -1.98. The van der Waals surface area contributed by atoms with E-state index in [0.717, 1.165) is 12.8 Å². The third-order valence-electron chi connectivity index (χ3n) is 0.942. The van der Waals surface area contributed by atoms with Crippen molar-refractivity contribution in [2.45, 2.75) is 47.6 Å². The summed E-state index contributed by atoms with van der Waals surface area (Å²) in [4.78, 5) is 0. The highest BCUT2D eigenvalue weighted by Gasteiger charge is 1.90. The summed E-state index contributed by atoms with van der Waals surface area (Å²) in [7, 11) is 0. The Bertz CT molecular complexity index is 30.8. The van der Waals surface area contributed by atoms with E-state index < -0.39 is 0 Å². The maximum atomic E-state index is 8.67. The van der Waals surface area contributed by atoms with Crippen molar-refractivity contribution in [3.05, 3.63) is 0 Å². The molecule has 8 heavy (non-hydrogen) atoms. The first-order chi connectivity index (χ1) is 2.81. The fourth-order valence-electron chi connectivity index (χ4n) is 0.289. The largest absolute Gasteiger partial charge is 0.393 e. The van der Waals surface area contributed by atoms with Crippen LogP contribution in [-0.2, 0) is 0 Å². The van der Waals surface area contributed by atoms with Crippen LogP contribution in [0.1, 0.15) is 44.4 Å². The van der Waals surface area contributed by atoms with Gasteiger partial charge >= 0.3 is 0 Å². The monoisotopic (exact) mass is 124 g/mol. The van der Waals surface area contributed by atoms with E-state index in [2.05, 4.69) is 0 Å². The minimum absolute atomic E-state index is 0. The molecule has 0 aliphatic heterocycles. The van der Waals surface area contributed by atoms with Gasteiger partial charge in [-0.3, -0.25) is 0 Å². The molecule has 58 valence electrons. The summed E-state index contributed by atoms with van der Waals surface area (Å²) in [6.45, 7) is 3.96. The van der Waals surface area contributed by atoms with Gasteiger partial charge in [-0.05, 0) is 12.8 Å². The Labute approximate surface area is 56.7 Å². The fraction of sp³-hybridized carbons (Fsp3) is 1.00. The topological polar surface area (TPSA) is 20.2 Å². The molecule has 1 heteroatoms. The van der Waals surface area contributed by atoms with Gasteiger partial charge in [-0.1, -0.05) is 28.7 Å². The molecule has 1 nitrogen and oxygen atoms in total. The lowest BCUT2D eigenvalue weighted by molar-refractivity contribution is 0.166. The highest BCUT2D eigenvalue weighted by Crippen LogP contribution is 1.91. The summed E-state index contributed by atoms with van der Waals surface area (Å²) in [6, 6.07) is 0. The lowest BCUT2D eigenvalue weighted by Crippen LogP contribution is -1.99. The van der Waals surface area contributed by atoms with Gasteiger partial charge in [-0.2, -0.15) is 0 Å². The van der Waals surface area contributed by atoms with Crippen molar-refractivity contribution in [1.82, 2.24) is 0 Å². The predicted molar refractivity (Wildman–Crippen MR) is 44.3 cm³/mol. The van der Waals surface area contributed by atoms with E-state index in [-0.39, 0.29) is 23.8 Å². The van der Waals surface area contributed by atoms with Gasteiger partial charge in [0.1, 0.15) is 0 Å². The van der Waals surface area contributed by atoms with Crippen molar-refractivity contribution in [2.75, 3.05) is 0 Å². The summed E-state index contributed by atoms with van der Waals surface area (Å²) in [5.41, 5.74) is 0. The van der Waals surface area contributed by atoms with Crippen LogP contribution in [0.3, 0.4) is 0 Å². The Hall–Kier alpha value is -0.0400. The number of rotatable bonds is 2. The van der Waals surface area contributed by atoms with E-state index in [0.29, 0.717) is 0 Å². The maximum absolute atomic E-state index is 8.67. The maximum Gasteiger partial charge on any atom is 0.0535 e. The van der Waals surface area contributed by atoms with Gasteiger partial charge in [0, 0.05) is 2.85 Å². The standard InChI is InChI=1S/C5H12O.2CH4.2H2/c1-3-5(6)4-2;;;;/h5-6H,3-4H2,1-2H3;2*1H4;2*1H. The first-order valence-corrected chi connectivity index (χ1v) is 2.49. The number of aliphatic hydroxyl groups excluding tert-OH is 1. The zero-order chi connectivity index (χ0) is 4.99. The molecule has 0 aliphatic rings. The Kier molecular flexibility index (Phi) is 19.7. The normalized spacial score (nSPS) is 7.50. The van der Waals surface area contributed by atoms with E-state index in [1.165, 1.54) is 0 Å². The van der Waals surface area contributed by atoms with Crippen LogP contribution in [0.2, 0.25) is 0 Å². The third-order valence-corrected chi connectivity index (χ3v) is 0.942. The molecule has 0 heterocycles. The molecule has 0 aromatic rings. The molecule has 0 rings (SSSR count). The molecule has 0 aromatic carbocycles. The molecule has 0 spiro atoms. The first-order valence-electron chi connectivity index (χ1n) is 2.49. The van der Waals surface area contributed by atoms with Crippen LogP contribution < -0.4 is 0 Å². The molecular weight excluding hydrogens is 100 g/mol. The molecule has 0 aliphatic carbocycles. The molecule has 0 aromatic heterocycles. The van der Waals surface area contributed by atoms with E-state index in [1.807, 2.05) is 13.8 Å². The van der Waals surface area contributed by atoms with Crippen molar-refractivity contribution in [3.63, 3.8) is 0 Å². The van der Waals surface area contributed by atoms with Crippen molar-refractivity contribution in [2.24, 2.45) is 0 Å². The molecule has 1 N–H and O–H groups in total. The van der Waals surface area contributed by atoms with Crippen LogP contribution in [0.4, 0.5) is 0 Å². The summed E-state index contributed by atoms with van der Waals surface area (Å²) >= 11 is 0. The van der Waals surface area contributed by atoms with Gasteiger partial charge in [-0.25, -0.2) is 0 Å². The Balaban J connectivity index is -0.0000000208. The SMILES string of the molecule is C.C.CCC(O)CC.[HH].[HH]. The quantitative estimate of drug-likeness (QED) is 0.600. The van der Waals surface area contributed by atoms with E-state index in [9.17, 15) is 0 Å². The zero-order valence-electron chi connectivity index (χ0n) is 4.44. The molecule has 0 fully saturated rings. The van der Waals surface area contributed by atoms with E-state index >= 15 is 0 Å². The van der Waals surface area contributed by atoms with Crippen LogP contribution in [-0.4, -0.2) is 11.2 Å². The van der Waals surface area contributed by atoms with Gasteiger partial charge in [0.05, 0.1) is 6.10 Å². The second-order valence-electron chi connectivity index (χ2n) is 1.47. The van der Waals surface area contributed by atoms with Gasteiger partial charge in [-0.15, -0.1) is 0 Å². The van der Waals surface area contributed by atoms with Gasteiger partial charge < -0.3 is 5.11 Å². The molecule has 0 unspecified atom stereocenters. The number of aliphatic hydroxyl groups is 1. The Morgan fingerprint density at radius 3 is 1.50 bits per heavy atom. The zero-order valence-corrected chi connectivity index (χ0v) is 4.44. The van der Waals surface area contributed by atoms with Crippen LogP contribution in [0.5, 0.6) is 0 Å².